The van der Waals surface area contributed by atoms with E-state index in [1.54, 1.807) is 0 Å². The zero-order chi connectivity index (χ0) is 9.47. The second-order valence-corrected chi connectivity index (χ2v) is 4.40. The number of nitrogens with zero attached hydrogens (tertiary/aromatic N) is 1. The van der Waals surface area contributed by atoms with Crippen molar-refractivity contribution in [3.05, 3.63) is 29.1 Å². The highest BCUT2D eigenvalue weighted by Crippen LogP contribution is 2.40. The van der Waals surface area contributed by atoms with Gasteiger partial charge in [0.2, 0.25) is 0 Å². The van der Waals surface area contributed by atoms with Gasteiger partial charge in [0, 0.05) is 11.9 Å². The molecule has 1 atom stereocenters. The Balaban J connectivity index is 2.49. The van der Waals surface area contributed by atoms with Crippen molar-refractivity contribution in [1.29, 1.82) is 0 Å². The molecule has 0 saturated carbocycles. The molecule has 1 aliphatic carbocycles. The molecule has 1 heteroatoms. The van der Waals surface area contributed by atoms with E-state index in [1.165, 1.54) is 30.4 Å². The predicted octanol–water partition coefficient (Wildman–Crippen LogP) is 3.00. The van der Waals surface area contributed by atoms with E-state index < -0.39 is 0 Å². The van der Waals surface area contributed by atoms with Crippen LogP contribution in [0.15, 0.2) is 12.3 Å². The maximum atomic E-state index is 4.39. The zero-order valence-corrected chi connectivity index (χ0v) is 8.72. The number of fused-ring (bicyclic) bond motifs is 1. The Bertz CT molecular complexity index is 330. The molecule has 1 heterocycles. The minimum absolute atomic E-state index is 0.399. The van der Waals surface area contributed by atoms with Crippen molar-refractivity contribution in [2.75, 3.05) is 0 Å². The smallest absolute Gasteiger partial charge is 0.0375 e. The van der Waals surface area contributed by atoms with Crippen LogP contribution in [0.4, 0.5) is 0 Å². The standard InChI is InChI=1S/C12H17N/c1-4-12(3)6-5-10-7-9(2)13-8-11(10)12/h7-8H,4-6H2,1-3H3. The van der Waals surface area contributed by atoms with Gasteiger partial charge in [-0.1, -0.05) is 13.8 Å². The van der Waals surface area contributed by atoms with E-state index in [4.69, 9.17) is 0 Å². The third kappa shape index (κ3) is 1.27. The van der Waals surface area contributed by atoms with E-state index in [0.717, 1.165) is 5.69 Å². The number of aryl methyl sites for hydroxylation is 2. The number of aromatic nitrogens is 1. The highest BCUT2D eigenvalue weighted by Gasteiger charge is 2.32. The van der Waals surface area contributed by atoms with E-state index >= 15 is 0 Å². The maximum absolute atomic E-state index is 4.39. The van der Waals surface area contributed by atoms with Crippen LogP contribution < -0.4 is 0 Å². The molecule has 1 aromatic rings. The van der Waals surface area contributed by atoms with Gasteiger partial charge < -0.3 is 0 Å². The van der Waals surface area contributed by atoms with E-state index in [0.29, 0.717) is 5.41 Å². The number of pyridine rings is 1. The monoisotopic (exact) mass is 175 g/mol. The molecule has 2 rings (SSSR count). The fraction of sp³-hybridized carbons (Fsp3) is 0.583. The van der Waals surface area contributed by atoms with Crippen LogP contribution in [-0.4, -0.2) is 4.98 Å². The SMILES string of the molecule is CCC1(C)CCc2cc(C)ncc21. The van der Waals surface area contributed by atoms with Crippen molar-refractivity contribution >= 4 is 0 Å². The molecule has 0 spiro atoms. The fourth-order valence-corrected chi connectivity index (χ4v) is 2.28. The lowest BCUT2D eigenvalue weighted by molar-refractivity contribution is 0.452. The van der Waals surface area contributed by atoms with Crippen molar-refractivity contribution in [1.82, 2.24) is 4.98 Å². The Kier molecular flexibility index (Phi) is 1.90. The average molecular weight is 175 g/mol. The van der Waals surface area contributed by atoms with E-state index in [1.807, 2.05) is 0 Å². The van der Waals surface area contributed by atoms with Gasteiger partial charge in [0.25, 0.3) is 0 Å². The van der Waals surface area contributed by atoms with Gasteiger partial charge in [0.15, 0.2) is 0 Å². The summed E-state index contributed by atoms with van der Waals surface area (Å²) in [6, 6.07) is 2.25. The van der Waals surface area contributed by atoms with Crippen LogP contribution >= 0.6 is 0 Å². The van der Waals surface area contributed by atoms with Gasteiger partial charge >= 0.3 is 0 Å². The fourth-order valence-electron chi connectivity index (χ4n) is 2.28. The van der Waals surface area contributed by atoms with Crippen molar-refractivity contribution in [3.8, 4) is 0 Å². The molecule has 0 aliphatic heterocycles. The summed E-state index contributed by atoms with van der Waals surface area (Å²) >= 11 is 0. The van der Waals surface area contributed by atoms with Crippen LogP contribution in [0.5, 0.6) is 0 Å². The van der Waals surface area contributed by atoms with Crippen LogP contribution in [0, 0.1) is 6.92 Å². The molecular formula is C12H17N. The first-order chi connectivity index (χ1) is 6.15. The second-order valence-electron chi connectivity index (χ2n) is 4.40. The van der Waals surface area contributed by atoms with Crippen LogP contribution in [0.25, 0.3) is 0 Å². The first kappa shape index (κ1) is 8.74. The highest BCUT2D eigenvalue weighted by molar-refractivity contribution is 5.37. The number of hydrogen-bond donors (Lipinski definition) is 0. The zero-order valence-electron chi connectivity index (χ0n) is 8.72. The molecule has 1 unspecified atom stereocenters. The summed E-state index contributed by atoms with van der Waals surface area (Å²) in [7, 11) is 0. The lowest BCUT2D eigenvalue weighted by atomic mass is 9.82. The summed E-state index contributed by atoms with van der Waals surface area (Å²) < 4.78 is 0. The molecule has 0 aromatic carbocycles. The van der Waals surface area contributed by atoms with E-state index in [2.05, 4.69) is 38.0 Å². The largest absolute Gasteiger partial charge is 0.261 e. The topological polar surface area (TPSA) is 12.9 Å². The Morgan fingerprint density at radius 2 is 2.31 bits per heavy atom. The molecular weight excluding hydrogens is 158 g/mol. The maximum Gasteiger partial charge on any atom is 0.0375 e. The molecule has 0 N–H and O–H groups in total. The molecule has 70 valence electrons. The van der Waals surface area contributed by atoms with Crippen molar-refractivity contribution < 1.29 is 0 Å². The van der Waals surface area contributed by atoms with Gasteiger partial charge in [-0.2, -0.15) is 0 Å². The first-order valence-corrected chi connectivity index (χ1v) is 5.12. The van der Waals surface area contributed by atoms with Gasteiger partial charge in [-0.15, -0.1) is 0 Å². The predicted molar refractivity (Wildman–Crippen MR) is 54.9 cm³/mol. The summed E-state index contributed by atoms with van der Waals surface area (Å²) in [5, 5.41) is 0. The van der Waals surface area contributed by atoms with E-state index in [9.17, 15) is 0 Å². The van der Waals surface area contributed by atoms with Crippen LogP contribution in [0.2, 0.25) is 0 Å². The minimum atomic E-state index is 0.399. The molecule has 1 aliphatic rings. The number of hydrogen-bond acceptors (Lipinski definition) is 1. The minimum Gasteiger partial charge on any atom is -0.261 e. The normalized spacial score (nSPS) is 26.1. The van der Waals surface area contributed by atoms with Gasteiger partial charge in [0.1, 0.15) is 0 Å². The third-order valence-corrected chi connectivity index (χ3v) is 3.50. The van der Waals surface area contributed by atoms with Crippen LogP contribution in [0.1, 0.15) is 43.5 Å². The molecule has 0 saturated heterocycles. The number of rotatable bonds is 1. The van der Waals surface area contributed by atoms with Crippen molar-refractivity contribution in [2.45, 2.75) is 45.4 Å². The second kappa shape index (κ2) is 2.83. The Morgan fingerprint density at radius 3 is 3.00 bits per heavy atom. The summed E-state index contributed by atoms with van der Waals surface area (Å²) in [5.41, 5.74) is 4.56. The molecule has 0 bridgehead atoms. The highest BCUT2D eigenvalue weighted by atomic mass is 14.7. The van der Waals surface area contributed by atoms with Gasteiger partial charge in [0.05, 0.1) is 0 Å². The molecule has 13 heavy (non-hydrogen) atoms. The molecule has 1 nitrogen and oxygen atoms in total. The molecule has 0 radical (unpaired) electrons. The lowest BCUT2D eigenvalue weighted by Gasteiger charge is -2.22. The van der Waals surface area contributed by atoms with Gasteiger partial charge in [-0.25, -0.2) is 0 Å². The summed E-state index contributed by atoms with van der Waals surface area (Å²) in [6.45, 7) is 6.70. The Morgan fingerprint density at radius 1 is 1.54 bits per heavy atom. The van der Waals surface area contributed by atoms with Crippen LogP contribution in [-0.2, 0) is 11.8 Å². The quantitative estimate of drug-likeness (QED) is 0.639. The first-order valence-electron chi connectivity index (χ1n) is 5.12. The summed E-state index contributed by atoms with van der Waals surface area (Å²) in [4.78, 5) is 4.39. The lowest BCUT2D eigenvalue weighted by Crippen LogP contribution is -2.16. The molecule has 0 amide bonds. The van der Waals surface area contributed by atoms with Crippen molar-refractivity contribution in [2.24, 2.45) is 0 Å². The summed E-state index contributed by atoms with van der Waals surface area (Å²) in [5.74, 6) is 0. The average Bonchev–Trinajstić information content (AvgIpc) is 2.45. The van der Waals surface area contributed by atoms with Gasteiger partial charge in [-0.05, 0) is 48.8 Å². The third-order valence-electron chi connectivity index (χ3n) is 3.50. The molecule has 0 fully saturated rings. The Labute approximate surface area is 80.2 Å². The Hall–Kier alpha value is -0.850. The van der Waals surface area contributed by atoms with Crippen LogP contribution in [0.3, 0.4) is 0 Å². The van der Waals surface area contributed by atoms with Crippen molar-refractivity contribution in [3.63, 3.8) is 0 Å². The molecule has 1 aromatic heterocycles. The van der Waals surface area contributed by atoms with E-state index in [-0.39, 0.29) is 0 Å². The van der Waals surface area contributed by atoms with Gasteiger partial charge in [-0.3, -0.25) is 4.98 Å². The summed E-state index contributed by atoms with van der Waals surface area (Å²) in [6.07, 6.45) is 5.85.